The van der Waals surface area contributed by atoms with Gasteiger partial charge in [0.2, 0.25) is 0 Å². The van der Waals surface area contributed by atoms with Crippen LogP contribution in [0.2, 0.25) is 0 Å². The van der Waals surface area contributed by atoms with Gasteiger partial charge in [-0.05, 0) is 12.1 Å². The molecule has 1 aromatic carbocycles. The molecule has 1 heterocycles. The van der Waals surface area contributed by atoms with E-state index < -0.39 is 11.6 Å². The van der Waals surface area contributed by atoms with Gasteiger partial charge in [-0.15, -0.1) is 0 Å². The maximum absolute atomic E-state index is 13.6. The summed E-state index contributed by atoms with van der Waals surface area (Å²) in [6.07, 6.45) is 0. The topological polar surface area (TPSA) is 50.8 Å². The third-order valence-electron chi connectivity index (χ3n) is 2.84. The highest BCUT2D eigenvalue weighted by atomic mass is 79.9. The standard InChI is InChI=1S/C12H14BrF2N3O/c13-8-5-10(14)9(11(15)6-8)7-17-12(16)18-1-3-19-4-2-18/h5-6H,1-4,7H2,(H2,16,17). The molecule has 0 radical (unpaired) electrons. The van der Waals surface area contributed by atoms with Crippen LogP contribution in [0.25, 0.3) is 0 Å². The van der Waals surface area contributed by atoms with E-state index in [4.69, 9.17) is 10.5 Å². The van der Waals surface area contributed by atoms with Gasteiger partial charge in [0.25, 0.3) is 0 Å². The number of morpholine rings is 1. The summed E-state index contributed by atoms with van der Waals surface area (Å²) in [4.78, 5) is 5.87. The molecule has 0 atom stereocenters. The number of hydrogen-bond acceptors (Lipinski definition) is 2. The highest BCUT2D eigenvalue weighted by molar-refractivity contribution is 9.10. The molecule has 7 heteroatoms. The lowest BCUT2D eigenvalue weighted by atomic mass is 10.2. The number of nitrogens with two attached hydrogens (primary N) is 1. The maximum Gasteiger partial charge on any atom is 0.191 e. The van der Waals surface area contributed by atoms with E-state index in [1.54, 1.807) is 0 Å². The molecule has 0 amide bonds. The van der Waals surface area contributed by atoms with Gasteiger partial charge >= 0.3 is 0 Å². The molecule has 1 saturated heterocycles. The Balaban J connectivity index is 2.08. The van der Waals surface area contributed by atoms with Gasteiger partial charge in [-0.25, -0.2) is 13.8 Å². The van der Waals surface area contributed by atoms with Gasteiger partial charge in [0.15, 0.2) is 5.96 Å². The third kappa shape index (κ3) is 3.63. The van der Waals surface area contributed by atoms with Crippen LogP contribution in [0.5, 0.6) is 0 Å². The fraction of sp³-hybridized carbons (Fsp3) is 0.417. The molecule has 1 aromatic rings. The number of benzene rings is 1. The van der Waals surface area contributed by atoms with Crippen LogP contribution >= 0.6 is 15.9 Å². The summed E-state index contributed by atoms with van der Waals surface area (Å²) < 4.78 is 32.7. The van der Waals surface area contributed by atoms with E-state index in [0.717, 1.165) is 0 Å². The minimum Gasteiger partial charge on any atom is -0.378 e. The average molecular weight is 334 g/mol. The van der Waals surface area contributed by atoms with Gasteiger partial charge in [-0.3, -0.25) is 0 Å². The first-order valence-electron chi connectivity index (χ1n) is 5.84. The lowest BCUT2D eigenvalue weighted by molar-refractivity contribution is 0.0674. The van der Waals surface area contributed by atoms with Crippen molar-refractivity contribution in [1.82, 2.24) is 4.90 Å². The SMILES string of the molecule is NC(=NCc1c(F)cc(Br)cc1F)N1CCOCC1. The van der Waals surface area contributed by atoms with Gasteiger partial charge in [-0.1, -0.05) is 15.9 Å². The third-order valence-corrected chi connectivity index (χ3v) is 3.30. The lowest BCUT2D eigenvalue weighted by Gasteiger charge is -2.27. The van der Waals surface area contributed by atoms with E-state index in [1.807, 2.05) is 4.90 Å². The van der Waals surface area contributed by atoms with Crippen molar-refractivity contribution in [1.29, 1.82) is 0 Å². The normalized spacial score (nSPS) is 16.8. The molecule has 0 aromatic heterocycles. The second kappa shape index (κ2) is 6.29. The Kier molecular flexibility index (Phi) is 4.71. The summed E-state index contributed by atoms with van der Waals surface area (Å²) in [5.74, 6) is -0.985. The van der Waals surface area contributed by atoms with E-state index in [2.05, 4.69) is 20.9 Å². The zero-order chi connectivity index (χ0) is 13.8. The van der Waals surface area contributed by atoms with Gasteiger partial charge in [-0.2, -0.15) is 0 Å². The molecule has 0 saturated carbocycles. The first-order chi connectivity index (χ1) is 9.08. The average Bonchev–Trinajstić information content (AvgIpc) is 2.38. The number of hydrogen-bond donors (Lipinski definition) is 1. The Morgan fingerprint density at radius 2 is 1.89 bits per heavy atom. The molecule has 1 aliphatic heterocycles. The van der Waals surface area contributed by atoms with Crippen molar-refractivity contribution in [3.05, 3.63) is 33.8 Å². The predicted molar refractivity (Wildman–Crippen MR) is 71.8 cm³/mol. The van der Waals surface area contributed by atoms with Gasteiger partial charge in [0, 0.05) is 23.1 Å². The van der Waals surface area contributed by atoms with E-state index >= 15 is 0 Å². The smallest absolute Gasteiger partial charge is 0.191 e. The second-order valence-corrected chi connectivity index (χ2v) is 5.04. The molecule has 1 aliphatic rings. The molecule has 19 heavy (non-hydrogen) atoms. The molecule has 2 N–H and O–H groups in total. The van der Waals surface area contributed by atoms with Crippen LogP contribution in [-0.2, 0) is 11.3 Å². The second-order valence-electron chi connectivity index (χ2n) is 4.12. The van der Waals surface area contributed by atoms with Crippen molar-refractivity contribution in [2.45, 2.75) is 6.54 Å². The highest BCUT2D eigenvalue weighted by Crippen LogP contribution is 2.20. The lowest BCUT2D eigenvalue weighted by Crippen LogP contribution is -2.44. The number of aliphatic imine (C=N–C) groups is 1. The fourth-order valence-corrected chi connectivity index (χ4v) is 2.18. The predicted octanol–water partition coefficient (Wildman–Crippen LogP) is 1.87. The molecule has 0 unspecified atom stereocenters. The van der Waals surface area contributed by atoms with Gasteiger partial charge in [0.1, 0.15) is 11.6 Å². The van der Waals surface area contributed by atoms with E-state index in [9.17, 15) is 8.78 Å². The molecule has 1 fully saturated rings. The van der Waals surface area contributed by atoms with Crippen molar-refractivity contribution in [2.75, 3.05) is 26.3 Å². The summed E-state index contributed by atoms with van der Waals surface area (Å²) >= 11 is 3.03. The first-order valence-corrected chi connectivity index (χ1v) is 6.63. The largest absolute Gasteiger partial charge is 0.378 e. The number of guanidine groups is 1. The maximum atomic E-state index is 13.6. The van der Waals surface area contributed by atoms with Crippen molar-refractivity contribution in [3.63, 3.8) is 0 Å². The summed E-state index contributed by atoms with van der Waals surface area (Å²) in [6, 6.07) is 2.41. The van der Waals surface area contributed by atoms with Crippen LogP contribution in [0.3, 0.4) is 0 Å². The molecule has 0 spiro atoms. The number of nitrogens with zero attached hydrogens (tertiary/aromatic N) is 2. The van der Waals surface area contributed by atoms with Gasteiger partial charge in [0.05, 0.1) is 19.8 Å². The minimum absolute atomic E-state index is 0.0839. The zero-order valence-corrected chi connectivity index (χ0v) is 11.8. The number of ether oxygens (including phenoxy) is 1. The zero-order valence-electron chi connectivity index (χ0n) is 10.2. The Bertz CT molecular complexity index is 467. The van der Waals surface area contributed by atoms with Crippen LogP contribution in [0.4, 0.5) is 8.78 Å². The van der Waals surface area contributed by atoms with Crippen molar-refractivity contribution < 1.29 is 13.5 Å². The molecule has 2 rings (SSSR count). The Morgan fingerprint density at radius 1 is 1.32 bits per heavy atom. The Labute approximate surface area is 118 Å². The van der Waals surface area contributed by atoms with E-state index in [0.29, 0.717) is 30.8 Å². The Hall–Kier alpha value is -1.21. The molecule has 104 valence electrons. The first kappa shape index (κ1) is 14.2. The summed E-state index contributed by atoms with van der Waals surface area (Å²) in [5.41, 5.74) is 5.71. The van der Waals surface area contributed by atoms with Crippen molar-refractivity contribution >= 4 is 21.9 Å². The Morgan fingerprint density at radius 3 is 2.47 bits per heavy atom. The monoisotopic (exact) mass is 333 g/mol. The summed E-state index contributed by atoms with van der Waals surface area (Å²) in [6.45, 7) is 2.32. The number of halogens is 3. The van der Waals surface area contributed by atoms with E-state index in [1.165, 1.54) is 12.1 Å². The molecular weight excluding hydrogens is 320 g/mol. The quantitative estimate of drug-likeness (QED) is 0.664. The van der Waals surface area contributed by atoms with Gasteiger partial charge < -0.3 is 15.4 Å². The van der Waals surface area contributed by atoms with Crippen LogP contribution in [-0.4, -0.2) is 37.2 Å². The summed E-state index contributed by atoms with van der Waals surface area (Å²) in [5, 5.41) is 0. The minimum atomic E-state index is -0.634. The van der Waals surface area contributed by atoms with Crippen LogP contribution in [0.15, 0.2) is 21.6 Å². The van der Waals surface area contributed by atoms with Crippen molar-refractivity contribution in [3.8, 4) is 0 Å². The molecule has 4 nitrogen and oxygen atoms in total. The van der Waals surface area contributed by atoms with Crippen LogP contribution in [0, 0.1) is 11.6 Å². The number of rotatable bonds is 2. The highest BCUT2D eigenvalue weighted by Gasteiger charge is 2.14. The van der Waals surface area contributed by atoms with Crippen molar-refractivity contribution in [2.24, 2.45) is 10.7 Å². The molecule has 0 aliphatic carbocycles. The molecule has 0 bridgehead atoms. The fourth-order valence-electron chi connectivity index (χ4n) is 1.78. The van der Waals surface area contributed by atoms with E-state index in [-0.39, 0.29) is 18.1 Å². The molecular formula is C12H14BrF2N3O. The summed E-state index contributed by atoms with van der Waals surface area (Å²) in [7, 11) is 0. The van der Waals surface area contributed by atoms with Crippen LogP contribution in [0.1, 0.15) is 5.56 Å². The van der Waals surface area contributed by atoms with Crippen LogP contribution < -0.4 is 5.73 Å².